The summed E-state index contributed by atoms with van der Waals surface area (Å²) in [5, 5.41) is 1.95. The number of fused-ring (bicyclic) bond motifs is 1. The lowest BCUT2D eigenvalue weighted by Crippen LogP contribution is -2.08. The molecular formula is C16H13ClN2O2. The zero-order chi connectivity index (χ0) is 15.0. The first-order chi connectivity index (χ1) is 10.1. The molecule has 0 saturated heterocycles. The minimum Gasteiger partial charge on any atom is -0.497 e. The van der Waals surface area contributed by atoms with E-state index in [1.165, 1.54) is 0 Å². The molecule has 0 atom stereocenters. The molecule has 0 amide bonds. The smallest absolute Gasteiger partial charge is 0.256 e. The molecule has 0 aliphatic heterocycles. The Balaban J connectivity index is 2.26. The lowest BCUT2D eigenvalue weighted by Gasteiger charge is -2.08. The van der Waals surface area contributed by atoms with Gasteiger partial charge in [-0.2, -0.15) is 0 Å². The molecule has 0 aliphatic rings. The monoisotopic (exact) mass is 300 g/mol. The maximum atomic E-state index is 12.2. The maximum Gasteiger partial charge on any atom is 0.256 e. The van der Waals surface area contributed by atoms with E-state index in [0.29, 0.717) is 27.5 Å². The SMILES string of the molecule is COc1ccc2c(=O)[nH]c(-c3ccc(Cl)cc3N)cc2c1. The zero-order valence-electron chi connectivity index (χ0n) is 11.3. The topological polar surface area (TPSA) is 68.1 Å². The first-order valence-electron chi connectivity index (χ1n) is 6.35. The Kier molecular flexibility index (Phi) is 3.31. The largest absolute Gasteiger partial charge is 0.497 e. The Morgan fingerprint density at radius 3 is 2.67 bits per heavy atom. The number of hydrogen-bond donors (Lipinski definition) is 2. The molecular weight excluding hydrogens is 288 g/mol. The third kappa shape index (κ3) is 2.45. The molecule has 0 spiro atoms. The molecule has 0 fully saturated rings. The molecule has 3 N–H and O–H groups in total. The zero-order valence-corrected chi connectivity index (χ0v) is 12.1. The molecule has 2 aromatic carbocycles. The van der Waals surface area contributed by atoms with Crippen molar-refractivity contribution in [3.8, 4) is 17.0 Å². The molecule has 0 aliphatic carbocycles. The second-order valence-corrected chi connectivity index (χ2v) is 5.13. The lowest BCUT2D eigenvalue weighted by molar-refractivity contribution is 0.415. The molecule has 0 radical (unpaired) electrons. The van der Waals surface area contributed by atoms with Crippen LogP contribution in [0.4, 0.5) is 5.69 Å². The predicted octanol–water partition coefficient (Wildman–Crippen LogP) is 3.44. The number of aromatic amines is 1. The van der Waals surface area contributed by atoms with Crippen LogP contribution in [0.3, 0.4) is 0 Å². The highest BCUT2D eigenvalue weighted by Crippen LogP contribution is 2.28. The van der Waals surface area contributed by atoms with E-state index in [1.54, 1.807) is 37.4 Å². The molecule has 106 valence electrons. The van der Waals surface area contributed by atoms with Crippen LogP contribution in [0.25, 0.3) is 22.0 Å². The molecule has 1 heterocycles. The fourth-order valence-corrected chi connectivity index (χ4v) is 2.48. The van der Waals surface area contributed by atoms with Crippen molar-refractivity contribution in [1.29, 1.82) is 0 Å². The number of nitrogens with two attached hydrogens (primary N) is 1. The number of aromatic nitrogens is 1. The summed E-state index contributed by atoms with van der Waals surface area (Å²) >= 11 is 5.90. The number of nitrogen functional groups attached to an aromatic ring is 1. The Bertz CT molecular complexity index is 887. The number of hydrogen-bond acceptors (Lipinski definition) is 3. The van der Waals surface area contributed by atoms with Gasteiger partial charge >= 0.3 is 0 Å². The summed E-state index contributed by atoms with van der Waals surface area (Å²) < 4.78 is 5.19. The van der Waals surface area contributed by atoms with Gasteiger partial charge in [0.25, 0.3) is 5.56 Å². The van der Waals surface area contributed by atoms with Crippen LogP contribution in [-0.4, -0.2) is 12.1 Å². The van der Waals surface area contributed by atoms with Gasteiger partial charge in [-0.05, 0) is 47.9 Å². The Hall–Kier alpha value is -2.46. The van der Waals surface area contributed by atoms with Crippen LogP contribution in [-0.2, 0) is 0 Å². The summed E-state index contributed by atoms with van der Waals surface area (Å²) in [5.41, 5.74) is 7.70. The fourth-order valence-electron chi connectivity index (χ4n) is 2.30. The van der Waals surface area contributed by atoms with Gasteiger partial charge < -0.3 is 15.5 Å². The number of nitrogens with one attached hydrogen (secondary N) is 1. The highest BCUT2D eigenvalue weighted by Gasteiger charge is 2.08. The van der Waals surface area contributed by atoms with Crippen molar-refractivity contribution < 1.29 is 4.74 Å². The van der Waals surface area contributed by atoms with E-state index in [4.69, 9.17) is 22.1 Å². The van der Waals surface area contributed by atoms with Crippen molar-refractivity contribution in [3.63, 3.8) is 0 Å². The number of rotatable bonds is 2. The molecule has 1 aromatic heterocycles. The molecule has 21 heavy (non-hydrogen) atoms. The molecule has 5 heteroatoms. The molecule has 3 rings (SSSR count). The van der Waals surface area contributed by atoms with Gasteiger partial charge in [0.15, 0.2) is 0 Å². The van der Waals surface area contributed by atoms with Crippen LogP contribution in [0, 0.1) is 0 Å². The Morgan fingerprint density at radius 1 is 1.14 bits per heavy atom. The van der Waals surface area contributed by atoms with E-state index < -0.39 is 0 Å². The number of anilines is 1. The van der Waals surface area contributed by atoms with Crippen molar-refractivity contribution in [2.45, 2.75) is 0 Å². The van der Waals surface area contributed by atoms with Crippen molar-refractivity contribution in [1.82, 2.24) is 4.98 Å². The van der Waals surface area contributed by atoms with Gasteiger partial charge in [0.1, 0.15) is 5.75 Å². The first-order valence-corrected chi connectivity index (χ1v) is 6.73. The maximum absolute atomic E-state index is 12.2. The average molecular weight is 301 g/mol. The normalized spacial score (nSPS) is 10.8. The lowest BCUT2D eigenvalue weighted by atomic mass is 10.1. The van der Waals surface area contributed by atoms with Crippen LogP contribution in [0.15, 0.2) is 47.3 Å². The average Bonchev–Trinajstić information content (AvgIpc) is 2.46. The molecule has 0 saturated carbocycles. The van der Waals surface area contributed by atoms with Gasteiger partial charge in [-0.1, -0.05) is 11.6 Å². The molecule has 3 aromatic rings. The van der Waals surface area contributed by atoms with E-state index in [9.17, 15) is 4.79 Å². The third-order valence-electron chi connectivity index (χ3n) is 3.36. The van der Waals surface area contributed by atoms with Crippen LogP contribution in [0.1, 0.15) is 0 Å². The van der Waals surface area contributed by atoms with Crippen molar-refractivity contribution in [2.75, 3.05) is 12.8 Å². The summed E-state index contributed by atoms with van der Waals surface area (Å²) in [6, 6.07) is 12.4. The number of methoxy groups -OCH3 is 1. The molecule has 0 unspecified atom stereocenters. The van der Waals surface area contributed by atoms with Crippen LogP contribution in [0.5, 0.6) is 5.75 Å². The highest BCUT2D eigenvalue weighted by molar-refractivity contribution is 6.31. The Morgan fingerprint density at radius 2 is 1.95 bits per heavy atom. The molecule has 4 nitrogen and oxygen atoms in total. The third-order valence-corrected chi connectivity index (χ3v) is 3.59. The summed E-state index contributed by atoms with van der Waals surface area (Å²) in [6.07, 6.45) is 0. The second kappa shape index (κ2) is 5.14. The minimum absolute atomic E-state index is 0.167. The number of pyridine rings is 1. The number of benzene rings is 2. The van der Waals surface area contributed by atoms with E-state index in [-0.39, 0.29) is 5.56 Å². The van der Waals surface area contributed by atoms with Gasteiger partial charge in [-0.3, -0.25) is 4.79 Å². The fraction of sp³-hybridized carbons (Fsp3) is 0.0625. The van der Waals surface area contributed by atoms with Crippen LogP contribution in [0.2, 0.25) is 5.02 Å². The van der Waals surface area contributed by atoms with Gasteiger partial charge in [0.05, 0.1) is 12.8 Å². The van der Waals surface area contributed by atoms with E-state index in [2.05, 4.69) is 4.98 Å². The summed E-state index contributed by atoms with van der Waals surface area (Å²) in [5.74, 6) is 0.697. The summed E-state index contributed by atoms with van der Waals surface area (Å²) in [4.78, 5) is 15.0. The van der Waals surface area contributed by atoms with Crippen molar-refractivity contribution in [3.05, 3.63) is 57.8 Å². The van der Waals surface area contributed by atoms with Crippen LogP contribution >= 0.6 is 11.6 Å². The standard InChI is InChI=1S/C16H13ClN2O2/c1-21-11-3-5-12-9(6-11)7-15(19-16(12)20)13-4-2-10(17)8-14(13)18/h2-8H,18H2,1H3,(H,19,20). The van der Waals surface area contributed by atoms with E-state index in [1.807, 2.05) is 12.1 Å². The van der Waals surface area contributed by atoms with Gasteiger partial charge in [0.2, 0.25) is 0 Å². The van der Waals surface area contributed by atoms with Crippen molar-refractivity contribution >= 4 is 28.1 Å². The number of H-pyrrole nitrogens is 1. The minimum atomic E-state index is -0.167. The summed E-state index contributed by atoms with van der Waals surface area (Å²) in [6.45, 7) is 0. The van der Waals surface area contributed by atoms with Gasteiger partial charge in [0, 0.05) is 21.7 Å². The second-order valence-electron chi connectivity index (χ2n) is 4.70. The van der Waals surface area contributed by atoms with E-state index >= 15 is 0 Å². The number of ether oxygens (including phenoxy) is 1. The van der Waals surface area contributed by atoms with Crippen molar-refractivity contribution in [2.24, 2.45) is 0 Å². The highest BCUT2D eigenvalue weighted by atomic mass is 35.5. The predicted molar refractivity (Wildman–Crippen MR) is 86.0 cm³/mol. The molecule has 0 bridgehead atoms. The number of halogens is 1. The van der Waals surface area contributed by atoms with E-state index in [0.717, 1.165) is 10.9 Å². The quantitative estimate of drug-likeness (QED) is 0.712. The summed E-state index contributed by atoms with van der Waals surface area (Å²) in [7, 11) is 1.59. The van der Waals surface area contributed by atoms with Gasteiger partial charge in [-0.15, -0.1) is 0 Å². The first kappa shape index (κ1) is 13.5. The Labute approximate surface area is 126 Å². The van der Waals surface area contributed by atoms with Crippen LogP contribution < -0.4 is 16.0 Å². The van der Waals surface area contributed by atoms with Gasteiger partial charge in [-0.25, -0.2) is 0 Å².